The third-order valence-electron chi connectivity index (χ3n) is 4.85. The maximum atomic E-state index is 11.1. The van der Waals surface area contributed by atoms with E-state index in [4.69, 9.17) is 4.74 Å². The SMILES string of the molecule is CC1CCC(C)C(O)(C2(C#N)CCCOC2)C1. The second-order valence-corrected chi connectivity index (χ2v) is 6.06. The number of nitrogens with zero attached hydrogens (tertiary/aromatic N) is 1. The quantitative estimate of drug-likeness (QED) is 0.762. The van der Waals surface area contributed by atoms with Gasteiger partial charge in [0, 0.05) is 6.61 Å². The second-order valence-electron chi connectivity index (χ2n) is 6.06. The molecule has 0 bridgehead atoms. The predicted octanol–water partition coefficient (Wildman–Crippen LogP) is 2.49. The molecule has 1 N–H and O–H groups in total. The van der Waals surface area contributed by atoms with Crippen molar-refractivity contribution in [1.82, 2.24) is 0 Å². The molecule has 0 aromatic heterocycles. The van der Waals surface area contributed by atoms with Crippen LogP contribution in [0.15, 0.2) is 0 Å². The summed E-state index contributed by atoms with van der Waals surface area (Å²) in [5.41, 5.74) is -1.54. The lowest BCUT2D eigenvalue weighted by Crippen LogP contribution is -2.58. The van der Waals surface area contributed by atoms with Gasteiger partial charge in [-0.3, -0.25) is 0 Å². The Labute approximate surface area is 104 Å². The Kier molecular flexibility index (Phi) is 3.47. The van der Waals surface area contributed by atoms with Gasteiger partial charge in [-0.15, -0.1) is 0 Å². The van der Waals surface area contributed by atoms with E-state index in [1.165, 1.54) is 0 Å². The highest BCUT2D eigenvalue weighted by atomic mass is 16.5. The maximum Gasteiger partial charge on any atom is 0.109 e. The molecule has 2 fully saturated rings. The molecule has 0 aromatic rings. The smallest absolute Gasteiger partial charge is 0.109 e. The Hall–Kier alpha value is -0.590. The summed E-state index contributed by atoms with van der Waals surface area (Å²) in [6, 6.07) is 2.40. The normalized spacial score (nSPS) is 47.4. The Morgan fingerprint density at radius 3 is 2.71 bits per heavy atom. The molecule has 96 valence electrons. The molecule has 0 amide bonds. The zero-order chi connectivity index (χ0) is 12.5. The predicted molar refractivity (Wildman–Crippen MR) is 65.2 cm³/mol. The van der Waals surface area contributed by atoms with Crippen LogP contribution < -0.4 is 0 Å². The molecule has 2 rings (SSSR count). The molecule has 0 spiro atoms. The van der Waals surface area contributed by atoms with E-state index in [0.717, 1.165) is 38.7 Å². The summed E-state index contributed by atoms with van der Waals surface area (Å²) < 4.78 is 5.50. The van der Waals surface area contributed by atoms with Crippen molar-refractivity contribution >= 4 is 0 Å². The maximum absolute atomic E-state index is 11.1. The van der Waals surface area contributed by atoms with Gasteiger partial charge >= 0.3 is 0 Å². The molecule has 1 saturated heterocycles. The van der Waals surface area contributed by atoms with E-state index < -0.39 is 11.0 Å². The zero-order valence-electron chi connectivity index (χ0n) is 10.9. The van der Waals surface area contributed by atoms with Gasteiger partial charge in [-0.25, -0.2) is 0 Å². The third-order valence-corrected chi connectivity index (χ3v) is 4.85. The summed E-state index contributed by atoms with van der Waals surface area (Å²) in [7, 11) is 0. The van der Waals surface area contributed by atoms with Gasteiger partial charge in [0.1, 0.15) is 5.41 Å². The van der Waals surface area contributed by atoms with Crippen molar-refractivity contribution in [2.24, 2.45) is 17.3 Å². The third kappa shape index (κ3) is 1.98. The molecule has 1 saturated carbocycles. The molecule has 17 heavy (non-hydrogen) atoms. The minimum atomic E-state index is -0.861. The summed E-state index contributed by atoms with van der Waals surface area (Å²) in [5, 5.41) is 20.7. The summed E-state index contributed by atoms with van der Waals surface area (Å²) in [5.74, 6) is 0.698. The molecule has 4 atom stereocenters. The standard InChI is InChI=1S/C14H23NO2/c1-11-4-5-12(2)14(16,8-11)13(9-15)6-3-7-17-10-13/h11-12,16H,3-8,10H2,1-2H3. The van der Waals surface area contributed by atoms with Crippen LogP contribution in [0.5, 0.6) is 0 Å². The lowest BCUT2D eigenvalue weighted by atomic mass is 9.57. The van der Waals surface area contributed by atoms with Crippen molar-refractivity contribution in [1.29, 1.82) is 5.26 Å². The summed E-state index contributed by atoms with van der Waals surface area (Å²) in [6.45, 7) is 5.38. The van der Waals surface area contributed by atoms with E-state index in [2.05, 4.69) is 19.9 Å². The monoisotopic (exact) mass is 237 g/mol. The van der Waals surface area contributed by atoms with Gasteiger partial charge in [0.15, 0.2) is 0 Å². The van der Waals surface area contributed by atoms with E-state index >= 15 is 0 Å². The Bertz CT molecular complexity index is 317. The summed E-state index contributed by atoms with van der Waals surface area (Å²) in [4.78, 5) is 0. The van der Waals surface area contributed by atoms with Gasteiger partial charge in [0.25, 0.3) is 0 Å². The van der Waals surface area contributed by atoms with Crippen LogP contribution in [0.1, 0.15) is 46.0 Å². The minimum Gasteiger partial charge on any atom is -0.388 e. The summed E-state index contributed by atoms with van der Waals surface area (Å²) >= 11 is 0. The van der Waals surface area contributed by atoms with Crippen molar-refractivity contribution in [3.05, 3.63) is 0 Å². The molecule has 1 aliphatic heterocycles. The van der Waals surface area contributed by atoms with Crippen LogP contribution >= 0.6 is 0 Å². The fourth-order valence-corrected chi connectivity index (χ4v) is 3.60. The lowest BCUT2D eigenvalue weighted by Gasteiger charge is -2.51. The zero-order valence-corrected chi connectivity index (χ0v) is 10.9. The van der Waals surface area contributed by atoms with E-state index in [1.807, 2.05) is 0 Å². The van der Waals surface area contributed by atoms with Crippen molar-refractivity contribution in [2.45, 2.75) is 51.6 Å². The molecule has 3 nitrogen and oxygen atoms in total. The van der Waals surface area contributed by atoms with Gasteiger partial charge in [-0.1, -0.05) is 20.3 Å². The fraction of sp³-hybridized carbons (Fsp3) is 0.929. The van der Waals surface area contributed by atoms with Crippen molar-refractivity contribution in [3.8, 4) is 6.07 Å². The Morgan fingerprint density at radius 2 is 2.12 bits per heavy atom. The van der Waals surface area contributed by atoms with Crippen LogP contribution in [-0.4, -0.2) is 23.9 Å². The van der Waals surface area contributed by atoms with Crippen LogP contribution in [0.4, 0.5) is 0 Å². The van der Waals surface area contributed by atoms with Gasteiger partial charge in [0.05, 0.1) is 18.3 Å². The molecule has 1 aliphatic carbocycles. The van der Waals surface area contributed by atoms with Crippen molar-refractivity contribution < 1.29 is 9.84 Å². The topological polar surface area (TPSA) is 53.2 Å². The van der Waals surface area contributed by atoms with Crippen LogP contribution in [-0.2, 0) is 4.74 Å². The van der Waals surface area contributed by atoms with Gasteiger partial charge in [-0.2, -0.15) is 5.26 Å². The molecular weight excluding hydrogens is 214 g/mol. The van der Waals surface area contributed by atoms with Crippen molar-refractivity contribution in [2.75, 3.05) is 13.2 Å². The molecule has 1 heterocycles. The number of nitriles is 1. The average Bonchev–Trinajstić information content (AvgIpc) is 2.35. The van der Waals surface area contributed by atoms with E-state index in [0.29, 0.717) is 12.5 Å². The number of rotatable bonds is 1. The van der Waals surface area contributed by atoms with E-state index in [9.17, 15) is 10.4 Å². The first-order valence-electron chi connectivity index (χ1n) is 6.75. The van der Waals surface area contributed by atoms with Crippen LogP contribution in [0.2, 0.25) is 0 Å². The van der Waals surface area contributed by atoms with Gasteiger partial charge < -0.3 is 9.84 Å². The molecule has 3 heteroatoms. The largest absolute Gasteiger partial charge is 0.388 e. The highest BCUT2D eigenvalue weighted by Crippen LogP contribution is 2.50. The summed E-state index contributed by atoms with van der Waals surface area (Å²) in [6.07, 6.45) is 4.58. The molecule has 0 radical (unpaired) electrons. The van der Waals surface area contributed by atoms with Crippen LogP contribution in [0.3, 0.4) is 0 Å². The highest BCUT2D eigenvalue weighted by molar-refractivity contribution is 5.15. The van der Waals surface area contributed by atoms with Crippen molar-refractivity contribution in [3.63, 3.8) is 0 Å². The number of hydrogen-bond donors (Lipinski definition) is 1. The first-order valence-corrected chi connectivity index (χ1v) is 6.75. The molecule has 4 unspecified atom stereocenters. The first-order chi connectivity index (χ1) is 8.04. The van der Waals surface area contributed by atoms with E-state index in [1.54, 1.807) is 0 Å². The number of aliphatic hydroxyl groups is 1. The fourth-order valence-electron chi connectivity index (χ4n) is 3.60. The van der Waals surface area contributed by atoms with Crippen LogP contribution in [0.25, 0.3) is 0 Å². The number of hydrogen-bond acceptors (Lipinski definition) is 3. The molecule has 2 aliphatic rings. The first kappa shape index (κ1) is 12.9. The molecule has 0 aromatic carbocycles. The molecular formula is C14H23NO2. The van der Waals surface area contributed by atoms with Crippen LogP contribution in [0, 0.1) is 28.6 Å². The Balaban J connectivity index is 2.30. The van der Waals surface area contributed by atoms with Gasteiger partial charge in [-0.05, 0) is 37.5 Å². The number of ether oxygens (including phenoxy) is 1. The van der Waals surface area contributed by atoms with Gasteiger partial charge in [0.2, 0.25) is 0 Å². The lowest BCUT2D eigenvalue weighted by molar-refractivity contribution is -0.169. The van der Waals surface area contributed by atoms with E-state index in [-0.39, 0.29) is 5.92 Å². The Morgan fingerprint density at radius 1 is 1.35 bits per heavy atom. The highest BCUT2D eigenvalue weighted by Gasteiger charge is 2.56. The average molecular weight is 237 g/mol. The second kappa shape index (κ2) is 4.59. The minimum absolute atomic E-state index is 0.194.